The Labute approximate surface area is 171 Å². The molecule has 1 aliphatic rings. The van der Waals surface area contributed by atoms with E-state index in [9.17, 15) is 9.59 Å². The zero-order chi connectivity index (χ0) is 20.4. The van der Waals surface area contributed by atoms with Crippen LogP contribution in [0.15, 0.2) is 59.4 Å². The zero-order valence-electron chi connectivity index (χ0n) is 17.2. The van der Waals surface area contributed by atoms with E-state index in [0.29, 0.717) is 18.0 Å². The number of pyridine rings is 1. The molecule has 1 N–H and O–H groups in total. The van der Waals surface area contributed by atoms with E-state index in [4.69, 9.17) is 0 Å². The molecule has 4 rings (SSSR count). The second-order valence-corrected chi connectivity index (χ2v) is 8.33. The lowest BCUT2D eigenvalue weighted by Crippen LogP contribution is -2.41. The van der Waals surface area contributed by atoms with Crippen LogP contribution in [-0.4, -0.2) is 16.5 Å². The topological polar surface area (TPSA) is 51.1 Å². The number of benzene rings is 2. The molecule has 150 valence electrons. The lowest BCUT2D eigenvalue weighted by atomic mass is 9.86. The number of carbonyl (C=O) groups excluding carboxylic acids is 1. The summed E-state index contributed by atoms with van der Waals surface area (Å²) < 4.78 is 1.75. The Bertz CT molecular complexity index is 1080. The van der Waals surface area contributed by atoms with Gasteiger partial charge in [0.25, 0.3) is 11.5 Å². The highest BCUT2D eigenvalue weighted by molar-refractivity contribution is 6.06. The molecule has 1 saturated carbocycles. The molecule has 1 aromatic heterocycles. The Balaban J connectivity index is 1.70. The van der Waals surface area contributed by atoms with Crippen molar-refractivity contribution in [3.8, 4) is 0 Å². The Hall–Kier alpha value is -2.88. The molecule has 1 heterocycles. The summed E-state index contributed by atoms with van der Waals surface area (Å²) in [6, 6.07) is 17.6. The molecule has 0 saturated heterocycles. The lowest BCUT2D eigenvalue weighted by Gasteiger charge is -2.29. The first-order valence-corrected chi connectivity index (χ1v) is 10.5. The van der Waals surface area contributed by atoms with Crippen molar-refractivity contribution < 1.29 is 4.79 Å². The van der Waals surface area contributed by atoms with Gasteiger partial charge in [-0.05, 0) is 37.3 Å². The van der Waals surface area contributed by atoms with Crippen LogP contribution in [0.4, 0.5) is 0 Å². The number of aryl methyl sites for hydroxylation is 1. The van der Waals surface area contributed by atoms with E-state index in [-0.39, 0.29) is 17.5 Å². The van der Waals surface area contributed by atoms with E-state index in [2.05, 4.69) is 24.4 Å². The average Bonchev–Trinajstić information content (AvgIpc) is 2.73. The van der Waals surface area contributed by atoms with Gasteiger partial charge in [-0.1, -0.05) is 67.8 Å². The van der Waals surface area contributed by atoms with Crippen molar-refractivity contribution in [1.29, 1.82) is 0 Å². The van der Waals surface area contributed by atoms with Crippen molar-refractivity contribution in [3.05, 3.63) is 81.6 Å². The fourth-order valence-electron chi connectivity index (χ4n) is 4.34. The third-order valence-electron chi connectivity index (χ3n) is 6.15. The van der Waals surface area contributed by atoms with E-state index in [1.807, 2.05) is 43.3 Å². The monoisotopic (exact) mass is 388 g/mol. The summed E-state index contributed by atoms with van der Waals surface area (Å²) in [6.07, 6.45) is 4.53. The molecule has 29 heavy (non-hydrogen) atoms. The molecule has 1 amide bonds. The van der Waals surface area contributed by atoms with Crippen LogP contribution in [0.25, 0.3) is 10.9 Å². The molecule has 4 nitrogen and oxygen atoms in total. The molecule has 3 aromatic rings. The number of amides is 1. The van der Waals surface area contributed by atoms with Crippen molar-refractivity contribution in [3.63, 3.8) is 0 Å². The largest absolute Gasteiger partial charge is 0.349 e. The van der Waals surface area contributed by atoms with Crippen LogP contribution in [0.5, 0.6) is 0 Å². The summed E-state index contributed by atoms with van der Waals surface area (Å²) in [7, 11) is 0. The van der Waals surface area contributed by atoms with Crippen LogP contribution in [0.1, 0.15) is 54.1 Å². The van der Waals surface area contributed by atoms with Crippen LogP contribution >= 0.6 is 0 Å². The van der Waals surface area contributed by atoms with Gasteiger partial charge in [-0.3, -0.25) is 9.59 Å². The van der Waals surface area contributed by atoms with Gasteiger partial charge in [0.2, 0.25) is 0 Å². The second-order valence-electron chi connectivity index (χ2n) is 8.33. The third-order valence-corrected chi connectivity index (χ3v) is 6.15. The standard InChI is InChI=1S/C25H28N2O2/c1-17-11-13-19(14-12-17)16-27-23-10-6-4-8-20(23)21(15-24(27)28)25(29)26-22-9-5-3-7-18(22)2/h4,6,8,10-15,18,22H,3,5,7,9,16H2,1-2H3,(H,26,29). The maximum absolute atomic E-state index is 13.1. The third kappa shape index (κ3) is 4.12. The fraction of sp³-hybridized carbons (Fsp3) is 0.360. The predicted molar refractivity (Wildman–Crippen MR) is 117 cm³/mol. The maximum atomic E-state index is 13.1. The number of nitrogens with zero attached hydrogens (tertiary/aromatic N) is 1. The van der Waals surface area contributed by atoms with Gasteiger partial charge in [0.15, 0.2) is 0 Å². The van der Waals surface area contributed by atoms with Crippen LogP contribution < -0.4 is 10.9 Å². The number of nitrogens with one attached hydrogen (secondary N) is 1. The molecular weight excluding hydrogens is 360 g/mol. The summed E-state index contributed by atoms with van der Waals surface area (Å²) in [5.41, 5.74) is 3.38. The number of aromatic nitrogens is 1. The van der Waals surface area contributed by atoms with E-state index >= 15 is 0 Å². The first-order valence-electron chi connectivity index (χ1n) is 10.5. The molecular formula is C25H28N2O2. The fourth-order valence-corrected chi connectivity index (χ4v) is 4.34. The van der Waals surface area contributed by atoms with Gasteiger partial charge < -0.3 is 9.88 Å². The Morgan fingerprint density at radius 3 is 2.55 bits per heavy atom. The lowest BCUT2D eigenvalue weighted by molar-refractivity contribution is 0.0911. The zero-order valence-corrected chi connectivity index (χ0v) is 17.2. The first kappa shape index (κ1) is 19.4. The van der Waals surface area contributed by atoms with Crippen LogP contribution in [0.3, 0.4) is 0 Å². The van der Waals surface area contributed by atoms with E-state index < -0.39 is 0 Å². The molecule has 0 aliphatic heterocycles. The molecule has 2 aromatic carbocycles. The van der Waals surface area contributed by atoms with E-state index in [1.165, 1.54) is 18.1 Å². The summed E-state index contributed by atoms with van der Waals surface area (Å²) in [5.74, 6) is 0.334. The predicted octanol–water partition coefficient (Wildman–Crippen LogP) is 4.67. The first-order chi connectivity index (χ1) is 14.0. The van der Waals surface area contributed by atoms with Gasteiger partial charge in [0, 0.05) is 17.5 Å². The number of hydrogen-bond donors (Lipinski definition) is 1. The van der Waals surface area contributed by atoms with Crippen LogP contribution in [0.2, 0.25) is 0 Å². The van der Waals surface area contributed by atoms with Gasteiger partial charge in [-0.2, -0.15) is 0 Å². The maximum Gasteiger partial charge on any atom is 0.252 e. The van der Waals surface area contributed by atoms with Gasteiger partial charge in [0.05, 0.1) is 17.6 Å². The van der Waals surface area contributed by atoms with Crippen molar-refractivity contribution in [2.24, 2.45) is 5.92 Å². The molecule has 2 atom stereocenters. The average molecular weight is 389 g/mol. The summed E-state index contributed by atoms with van der Waals surface area (Å²) >= 11 is 0. The quantitative estimate of drug-likeness (QED) is 0.706. The van der Waals surface area contributed by atoms with Gasteiger partial charge in [-0.15, -0.1) is 0 Å². The minimum Gasteiger partial charge on any atom is -0.349 e. The van der Waals surface area contributed by atoms with Crippen LogP contribution in [0, 0.1) is 12.8 Å². The highest BCUT2D eigenvalue weighted by Gasteiger charge is 2.24. The minimum atomic E-state index is -0.147. The molecule has 0 spiro atoms. The highest BCUT2D eigenvalue weighted by atomic mass is 16.2. The normalized spacial score (nSPS) is 19.2. The van der Waals surface area contributed by atoms with Crippen LogP contribution in [-0.2, 0) is 6.54 Å². The van der Waals surface area contributed by atoms with E-state index in [1.54, 1.807) is 4.57 Å². The summed E-state index contributed by atoms with van der Waals surface area (Å²) in [5, 5.41) is 4.01. The molecule has 0 bridgehead atoms. The van der Waals surface area contributed by atoms with Crippen molar-refractivity contribution >= 4 is 16.8 Å². The van der Waals surface area contributed by atoms with Gasteiger partial charge in [-0.25, -0.2) is 0 Å². The molecule has 1 aliphatic carbocycles. The van der Waals surface area contributed by atoms with Crippen molar-refractivity contribution in [2.45, 2.75) is 52.1 Å². The molecule has 4 heteroatoms. The summed E-state index contributed by atoms with van der Waals surface area (Å²) in [4.78, 5) is 26.0. The molecule has 0 radical (unpaired) electrons. The van der Waals surface area contributed by atoms with E-state index in [0.717, 1.165) is 35.7 Å². The van der Waals surface area contributed by atoms with Crippen molar-refractivity contribution in [1.82, 2.24) is 9.88 Å². The summed E-state index contributed by atoms with van der Waals surface area (Å²) in [6.45, 7) is 4.73. The van der Waals surface area contributed by atoms with Gasteiger partial charge in [0.1, 0.15) is 0 Å². The van der Waals surface area contributed by atoms with Gasteiger partial charge >= 0.3 is 0 Å². The second kappa shape index (κ2) is 8.24. The molecule has 2 unspecified atom stereocenters. The SMILES string of the molecule is Cc1ccc(Cn2c(=O)cc(C(=O)NC3CCCCC3C)c3ccccc32)cc1. The smallest absolute Gasteiger partial charge is 0.252 e. The highest BCUT2D eigenvalue weighted by Crippen LogP contribution is 2.25. The number of fused-ring (bicyclic) bond motifs is 1. The molecule has 1 fully saturated rings. The Morgan fingerprint density at radius 1 is 1.07 bits per heavy atom. The number of rotatable bonds is 4. The number of para-hydroxylation sites is 1. The minimum absolute atomic E-state index is 0.139. The number of carbonyl (C=O) groups is 1. The Kier molecular flexibility index (Phi) is 5.52. The van der Waals surface area contributed by atoms with Crippen molar-refractivity contribution in [2.75, 3.05) is 0 Å². The Morgan fingerprint density at radius 2 is 1.79 bits per heavy atom. The number of hydrogen-bond acceptors (Lipinski definition) is 2.